The number of carbonyl (C=O) groups excluding carboxylic acids is 1. The molecule has 0 radical (unpaired) electrons. The molecule has 1 aliphatic carbocycles. The molecule has 0 spiro atoms. The lowest BCUT2D eigenvalue weighted by molar-refractivity contribution is -0.140. The van der Waals surface area contributed by atoms with Crippen LogP contribution >= 0.6 is 11.3 Å². The van der Waals surface area contributed by atoms with E-state index >= 15 is 0 Å². The number of nitrogens with zero attached hydrogens (tertiary/aromatic N) is 1. The van der Waals surface area contributed by atoms with E-state index in [9.17, 15) is 18.0 Å². The van der Waals surface area contributed by atoms with Gasteiger partial charge in [0.05, 0.1) is 5.54 Å². The van der Waals surface area contributed by atoms with Gasteiger partial charge in [-0.1, -0.05) is 6.42 Å². The normalized spacial score (nSPS) is 22.8. The molecule has 1 saturated carbocycles. The molecule has 1 heterocycles. The van der Waals surface area contributed by atoms with Crippen LogP contribution in [0.4, 0.5) is 13.2 Å². The van der Waals surface area contributed by atoms with Gasteiger partial charge in [0.2, 0.25) is 5.91 Å². The molecule has 1 fully saturated rings. The Labute approximate surface area is 131 Å². The first kappa shape index (κ1) is 17.2. The number of aromatic nitrogens is 1. The molecule has 1 amide bonds. The number of amides is 1. The fourth-order valence-corrected chi connectivity index (χ4v) is 3.72. The Morgan fingerprint density at radius 2 is 2.14 bits per heavy atom. The smallest absolute Gasteiger partial charge is 0.344 e. The lowest BCUT2D eigenvalue weighted by Crippen LogP contribution is -2.45. The zero-order valence-corrected chi connectivity index (χ0v) is 13.4. The second kappa shape index (κ2) is 6.16. The summed E-state index contributed by atoms with van der Waals surface area (Å²) in [5.41, 5.74) is 3.81. The van der Waals surface area contributed by atoms with Crippen molar-refractivity contribution in [2.24, 2.45) is 17.6 Å². The molecular formula is C14H20F3N3OS. The molecule has 0 bridgehead atoms. The topological polar surface area (TPSA) is 68.0 Å². The van der Waals surface area contributed by atoms with E-state index in [0.717, 1.165) is 36.0 Å². The Bertz CT molecular complexity index is 542. The van der Waals surface area contributed by atoms with Gasteiger partial charge in [-0.05, 0) is 39.2 Å². The number of nitrogens with two attached hydrogens (primary N) is 1. The molecule has 0 unspecified atom stereocenters. The van der Waals surface area contributed by atoms with Crippen molar-refractivity contribution in [3.8, 4) is 0 Å². The van der Waals surface area contributed by atoms with Crippen LogP contribution in [-0.4, -0.2) is 17.4 Å². The molecule has 8 heteroatoms. The van der Waals surface area contributed by atoms with Crippen molar-refractivity contribution in [2.75, 3.05) is 6.54 Å². The average Bonchev–Trinajstić information content (AvgIpc) is 3.06. The maximum absolute atomic E-state index is 12.6. The summed E-state index contributed by atoms with van der Waals surface area (Å²) in [7, 11) is 0. The van der Waals surface area contributed by atoms with Crippen molar-refractivity contribution in [1.82, 2.24) is 10.3 Å². The number of carbonyl (C=O) groups is 1. The number of thiazole rings is 1. The predicted octanol–water partition coefficient (Wildman–Crippen LogP) is 2.89. The van der Waals surface area contributed by atoms with Gasteiger partial charge in [0.1, 0.15) is 5.01 Å². The molecule has 2 rings (SSSR count). The SMILES string of the molecule is CC(C)(NC(=O)[C@@H]1CCC[C@@H]1CN)c1nc(C(F)(F)F)cs1. The molecule has 1 aliphatic rings. The quantitative estimate of drug-likeness (QED) is 0.889. The van der Waals surface area contributed by atoms with Gasteiger partial charge in [-0.15, -0.1) is 11.3 Å². The number of alkyl halides is 3. The van der Waals surface area contributed by atoms with E-state index in [4.69, 9.17) is 5.73 Å². The van der Waals surface area contributed by atoms with Crippen molar-refractivity contribution in [3.05, 3.63) is 16.1 Å². The fourth-order valence-electron chi connectivity index (χ4n) is 2.81. The van der Waals surface area contributed by atoms with E-state index in [1.54, 1.807) is 13.8 Å². The zero-order chi connectivity index (χ0) is 16.5. The van der Waals surface area contributed by atoms with Gasteiger partial charge in [-0.2, -0.15) is 13.2 Å². The molecule has 1 aromatic rings. The molecule has 1 aromatic heterocycles. The van der Waals surface area contributed by atoms with Crippen LogP contribution < -0.4 is 11.1 Å². The highest BCUT2D eigenvalue weighted by Gasteiger charge is 2.38. The molecule has 0 saturated heterocycles. The fraction of sp³-hybridized carbons (Fsp3) is 0.714. The molecular weight excluding hydrogens is 315 g/mol. The van der Waals surface area contributed by atoms with E-state index in [2.05, 4.69) is 10.3 Å². The van der Waals surface area contributed by atoms with Crippen molar-refractivity contribution in [1.29, 1.82) is 0 Å². The third kappa shape index (κ3) is 3.60. The predicted molar refractivity (Wildman–Crippen MR) is 78.2 cm³/mol. The second-order valence-electron chi connectivity index (χ2n) is 6.18. The summed E-state index contributed by atoms with van der Waals surface area (Å²) in [6.45, 7) is 3.78. The van der Waals surface area contributed by atoms with E-state index < -0.39 is 17.4 Å². The van der Waals surface area contributed by atoms with Gasteiger partial charge in [-0.25, -0.2) is 4.98 Å². The van der Waals surface area contributed by atoms with Crippen molar-refractivity contribution in [2.45, 2.75) is 44.8 Å². The van der Waals surface area contributed by atoms with Gasteiger partial charge >= 0.3 is 6.18 Å². The average molecular weight is 335 g/mol. The Hall–Kier alpha value is -1.15. The van der Waals surface area contributed by atoms with E-state index in [0.29, 0.717) is 6.54 Å². The van der Waals surface area contributed by atoms with Crippen LogP contribution in [0.3, 0.4) is 0 Å². The van der Waals surface area contributed by atoms with Gasteiger partial charge in [0, 0.05) is 11.3 Å². The van der Waals surface area contributed by atoms with Crippen molar-refractivity contribution >= 4 is 17.2 Å². The van der Waals surface area contributed by atoms with Crippen molar-refractivity contribution in [3.63, 3.8) is 0 Å². The monoisotopic (exact) mass is 335 g/mol. The summed E-state index contributed by atoms with van der Waals surface area (Å²) in [6.07, 6.45) is -1.82. The standard InChI is InChI=1S/C14H20F3N3OS/c1-13(2,12-19-10(7-22-12)14(15,16)17)20-11(21)9-5-3-4-8(9)6-18/h7-9H,3-6,18H2,1-2H3,(H,20,21)/t8-,9-/m1/s1. The van der Waals surface area contributed by atoms with Crippen LogP contribution in [-0.2, 0) is 16.5 Å². The molecule has 2 atom stereocenters. The van der Waals surface area contributed by atoms with Crippen molar-refractivity contribution < 1.29 is 18.0 Å². The van der Waals surface area contributed by atoms with Crippen LogP contribution in [0.2, 0.25) is 0 Å². The lowest BCUT2D eigenvalue weighted by atomic mass is 9.94. The number of hydrogen-bond donors (Lipinski definition) is 2. The van der Waals surface area contributed by atoms with Crippen LogP contribution in [0.1, 0.15) is 43.8 Å². The molecule has 0 aromatic carbocycles. The molecule has 0 aliphatic heterocycles. The lowest BCUT2D eigenvalue weighted by Gasteiger charge is -2.27. The first-order valence-electron chi connectivity index (χ1n) is 7.20. The number of halogens is 3. The summed E-state index contributed by atoms with van der Waals surface area (Å²) >= 11 is 0.904. The third-order valence-corrected chi connectivity index (χ3v) is 5.23. The van der Waals surface area contributed by atoms with E-state index in [-0.39, 0.29) is 22.8 Å². The van der Waals surface area contributed by atoms with Crippen LogP contribution in [0.25, 0.3) is 0 Å². The first-order valence-corrected chi connectivity index (χ1v) is 8.08. The van der Waals surface area contributed by atoms with Crippen LogP contribution in [0, 0.1) is 11.8 Å². The summed E-state index contributed by atoms with van der Waals surface area (Å²) in [4.78, 5) is 16.0. The summed E-state index contributed by atoms with van der Waals surface area (Å²) in [5.74, 6) is -0.161. The summed E-state index contributed by atoms with van der Waals surface area (Å²) in [6, 6.07) is 0. The minimum atomic E-state index is -4.47. The second-order valence-corrected chi connectivity index (χ2v) is 7.04. The van der Waals surface area contributed by atoms with Gasteiger partial charge in [0.15, 0.2) is 5.69 Å². The Kier molecular flexibility index (Phi) is 4.81. The summed E-state index contributed by atoms with van der Waals surface area (Å²) < 4.78 is 37.9. The highest BCUT2D eigenvalue weighted by molar-refractivity contribution is 7.09. The highest BCUT2D eigenvalue weighted by atomic mass is 32.1. The van der Waals surface area contributed by atoms with Gasteiger partial charge in [-0.3, -0.25) is 4.79 Å². The number of hydrogen-bond acceptors (Lipinski definition) is 4. The number of rotatable bonds is 4. The zero-order valence-electron chi connectivity index (χ0n) is 12.5. The summed E-state index contributed by atoms with van der Waals surface area (Å²) in [5, 5.41) is 4.05. The Morgan fingerprint density at radius 1 is 1.45 bits per heavy atom. The van der Waals surface area contributed by atoms with E-state index in [1.165, 1.54) is 0 Å². The highest BCUT2D eigenvalue weighted by Crippen LogP contribution is 2.35. The molecule has 124 valence electrons. The maximum atomic E-state index is 12.6. The van der Waals surface area contributed by atoms with Gasteiger partial charge < -0.3 is 11.1 Å². The largest absolute Gasteiger partial charge is 0.434 e. The minimum absolute atomic E-state index is 0.151. The maximum Gasteiger partial charge on any atom is 0.434 e. The molecule has 4 nitrogen and oxygen atoms in total. The number of nitrogens with one attached hydrogen (secondary N) is 1. The third-order valence-electron chi connectivity index (χ3n) is 4.06. The van der Waals surface area contributed by atoms with Gasteiger partial charge in [0.25, 0.3) is 0 Å². The van der Waals surface area contributed by atoms with E-state index in [1.807, 2.05) is 0 Å². The van der Waals surface area contributed by atoms with Crippen LogP contribution in [0.5, 0.6) is 0 Å². The van der Waals surface area contributed by atoms with Crippen LogP contribution in [0.15, 0.2) is 5.38 Å². The first-order chi connectivity index (χ1) is 10.1. The minimum Gasteiger partial charge on any atom is -0.344 e. The Balaban J connectivity index is 2.10. The molecule has 22 heavy (non-hydrogen) atoms. The molecule has 3 N–H and O–H groups in total. The Morgan fingerprint density at radius 3 is 2.68 bits per heavy atom.